The van der Waals surface area contributed by atoms with Crippen LogP contribution in [0.25, 0.3) is 0 Å². The molecule has 5 aromatic rings. The van der Waals surface area contributed by atoms with Crippen LogP contribution in [-0.2, 0) is 40.6 Å². The molecule has 214 valence electrons. The number of aromatic nitrogens is 1. The van der Waals surface area contributed by atoms with Crippen molar-refractivity contribution in [1.29, 1.82) is 0 Å². The lowest BCUT2D eigenvalue weighted by Crippen LogP contribution is -2.41. The maximum atomic E-state index is 6.83. The van der Waals surface area contributed by atoms with E-state index in [0.29, 0.717) is 26.4 Å². The second-order valence-corrected chi connectivity index (χ2v) is 11.5. The fourth-order valence-electron chi connectivity index (χ4n) is 5.64. The van der Waals surface area contributed by atoms with E-state index in [0.717, 1.165) is 28.2 Å². The molecular formula is C36H36N2O3S. The van der Waals surface area contributed by atoms with Crippen molar-refractivity contribution in [2.24, 2.45) is 0 Å². The van der Waals surface area contributed by atoms with Crippen LogP contribution in [0.1, 0.15) is 33.3 Å². The molecule has 4 atom stereocenters. The summed E-state index contributed by atoms with van der Waals surface area (Å²) in [7, 11) is 0. The van der Waals surface area contributed by atoms with E-state index in [1.807, 2.05) is 41.9 Å². The summed E-state index contributed by atoms with van der Waals surface area (Å²) in [6.45, 7) is 2.78. The molecular weight excluding hydrogens is 540 g/mol. The van der Waals surface area contributed by atoms with Crippen LogP contribution in [0.5, 0.6) is 0 Å². The third kappa shape index (κ3) is 7.21. The molecule has 1 saturated heterocycles. The van der Waals surface area contributed by atoms with Crippen molar-refractivity contribution in [1.82, 2.24) is 9.88 Å². The highest BCUT2D eigenvalue weighted by Gasteiger charge is 2.52. The minimum absolute atomic E-state index is 0.0488. The number of nitrogens with zero attached hydrogens (tertiary/aromatic N) is 2. The first-order chi connectivity index (χ1) is 20.8. The van der Waals surface area contributed by atoms with E-state index < -0.39 is 0 Å². The van der Waals surface area contributed by atoms with Crippen LogP contribution in [0.2, 0.25) is 0 Å². The summed E-state index contributed by atoms with van der Waals surface area (Å²) < 4.78 is 20.1. The van der Waals surface area contributed by atoms with Crippen molar-refractivity contribution >= 4 is 11.3 Å². The summed E-state index contributed by atoms with van der Waals surface area (Å²) in [4.78, 5) is 7.30. The van der Waals surface area contributed by atoms with Gasteiger partial charge in [-0.2, -0.15) is 0 Å². The molecule has 42 heavy (non-hydrogen) atoms. The topological polar surface area (TPSA) is 43.8 Å². The van der Waals surface area contributed by atoms with Crippen molar-refractivity contribution in [2.75, 3.05) is 6.61 Å². The number of hydrogen-bond acceptors (Lipinski definition) is 6. The van der Waals surface area contributed by atoms with Crippen LogP contribution in [0.15, 0.2) is 133 Å². The van der Waals surface area contributed by atoms with Gasteiger partial charge in [0.25, 0.3) is 0 Å². The van der Waals surface area contributed by atoms with Crippen LogP contribution in [0, 0.1) is 0 Å². The summed E-state index contributed by atoms with van der Waals surface area (Å²) in [6.07, 6.45) is 1.41. The molecule has 1 fully saturated rings. The lowest BCUT2D eigenvalue weighted by Gasteiger charge is -2.30. The maximum absolute atomic E-state index is 6.83. The molecule has 5 nitrogen and oxygen atoms in total. The molecule has 6 heteroatoms. The van der Waals surface area contributed by atoms with E-state index in [1.54, 1.807) is 11.3 Å². The van der Waals surface area contributed by atoms with E-state index in [2.05, 4.69) is 95.9 Å². The largest absolute Gasteiger partial charge is 0.375 e. The zero-order chi connectivity index (χ0) is 28.4. The van der Waals surface area contributed by atoms with Gasteiger partial charge in [-0.15, -0.1) is 11.3 Å². The molecule has 1 aliphatic rings. The SMILES string of the molecule is c1ccc(COC[C@@H]2[C@@H](OCc3ccccc3)[C@H](OCc3ccccc3)[C@@H](c3nccs3)N2Cc2ccccc2)cc1. The summed E-state index contributed by atoms with van der Waals surface area (Å²) in [5.74, 6) is 0. The Morgan fingerprint density at radius 1 is 0.595 bits per heavy atom. The van der Waals surface area contributed by atoms with Gasteiger partial charge in [0.1, 0.15) is 17.2 Å². The lowest BCUT2D eigenvalue weighted by molar-refractivity contribution is -0.0868. The lowest BCUT2D eigenvalue weighted by atomic mass is 10.1. The van der Waals surface area contributed by atoms with Gasteiger partial charge in [0.15, 0.2) is 0 Å². The summed E-state index contributed by atoms with van der Waals surface area (Å²) in [5, 5.41) is 3.08. The normalized spacial score (nSPS) is 20.6. The zero-order valence-electron chi connectivity index (χ0n) is 23.6. The maximum Gasteiger partial charge on any atom is 0.113 e. The van der Waals surface area contributed by atoms with Crippen molar-refractivity contribution in [3.63, 3.8) is 0 Å². The smallest absolute Gasteiger partial charge is 0.113 e. The number of likely N-dealkylation sites (tertiary alicyclic amines) is 1. The number of hydrogen-bond donors (Lipinski definition) is 0. The Hall–Kier alpha value is -3.65. The molecule has 0 aliphatic carbocycles. The van der Waals surface area contributed by atoms with Crippen LogP contribution in [0.4, 0.5) is 0 Å². The van der Waals surface area contributed by atoms with Crippen LogP contribution in [0.3, 0.4) is 0 Å². The first kappa shape index (κ1) is 28.5. The highest BCUT2D eigenvalue weighted by Crippen LogP contribution is 2.42. The van der Waals surface area contributed by atoms with Crippen LogP contribution >= 0.6 is 11.3 Å². The molecule has 0 spiro atoms. The molecule has 0 amide bonds. The van der Waals surface area contributed by atoms with Gasteiger partial charge in [0, 0.05) is 18.1 Å². The molecule has 0 saturated carbocycles. The molecule has 0 bridgehead atoms. The van der Waals surface area contributed by atoms with Gasteiger partial charge in [-0.1, -0.05) is 121 Å². The number of rotatable bonds is 13. The van der Waals surface area contributed by atoms with E-state index >= 15 is 0 Å². The monoisotopic (exact) mass is 576 g/mol. The van der Waals surface area contributed by atoms with Gasteiger partial charge in [0.05, 0.1) is 38.5 Å². The second kappa shape index (κ2) is 14.5. The number of thiazole rings is 1. The fourth-order valence-corrected chi connectivity index (χ4v) is 6.43. The van der Waals surface area contributed by atoms with Crippen LogP contribution < -0.4 is 0 Å². The molecule has 0 N–H and O–H groups in total. The Morgan fingerprint density at radius 2 is 1.10 bits per heavy atom. The van der Waals surface area contributed by atoms with Crippen molar-refractivity contribution < 1.29 is 14.2 Å². The van der Waals surface area contributed by atoms with Gasteiger partial charge in [-0.05, 0) is 22.3 Å². The standard InChI is InChI=1S/C36H36N2O3S/c1-5-13-28(14-6-1)23-38-32(27-39-24-29-15-7-2-8-16-29)34(40-25-30-17-9-3-10-18-30)35(33(38)36-37-21-22-42-36)41-26-31-19-11-4-12-20-31/h1-22,32-35H,23-27H2/t32-,33+,34-,35-/m1/s1. The molecule has 1 aromatic heterocycles. The van der Waals surface area contributed by atoms with Crippen molar-refractivity contribution in [3.8, 4) is 0 Å². The highest BCUT2D eigenvalue weighted by molar-refractivity contribution is 7.09. The first-order valence-corrected chi connectivity index (χ1v) is 15.3. The Labute approximate surface area is 252 Å². The zero-order valence-corrected chi connectivity index (χ0v) is 24.4. The van der Waals surface area contributed by atoms with Gasteiger partial charge >= 0.3 is 0 Å². The van der Waals surface area contributed by atoms with Gasteiger partial charge in [0.2, 0.25) is 0 Å². The highest BCUT2D eigenvalue weighted by atomic mass is 32.1. The Balaban J connectivity index is 1.34. The predicted molar refractivity (Wildman–Crippen MR) is 167 cm³/mol. The quantitative estimate of drug-likeness (QED) is 0.146. The Kier molecular flexibility index (Phi) is 9.83. The third-order valence-electron chi connectivity index (χ3n) is 7.68. The average Bonchev–Trinajstić information content (AvgIpc) is 3.67. The molecule has 1 aliphatic heterocycles. The summed E-state index contributed by atoms with van der Waals surface area (Å²) in [5.41, 5.74) is 4.66. The van der Waals surface area contributed by atoms with Crippen molar-refractivity contribution in [2.45, 2.75) is 50.7 Å². The van der Waals surface area contributed by atoms with Gasteiger partial charge in [-0.25, -0.2) is 4.98 Å². The molecule has 0 unspecified atom stereocenters. The van der Waals surface area contributed by atoms with Gasteiger partial charge < -0.3 is 14.2 Å². The second-order valence-electron chi connectivity index (χ2n) is 10.6. The van der Waals surface area contributed by atoms with Gasteiger partial charge in [-0.3, -0.25) is 4.90 Å². The summed E-state index contributed by atoms with van der Waals surface area (Å²) >= 11 is 1.67. The van der Waals surface area contributed by atoms with E-state index in [-0.39, 0.29) is 24.3 Å². The van der Waals surface area contributed by atoms with E-state index in [4.69, 9.17) is 19.2 Å². The molecule has 2 heterocycles. The van der Waals surface area contributed by atoms with Crippen molar-refractivity contribution in [3.05, 3.63) is 160 Å². The Morgan fingerprint density at radius 3 is 1.62 bits per heavy atom. The molecule has 6 rings (SSSR count). The third-order valence-corrected chi connectivity index (χ3v) is 8.53. The minimum Gasteiger partial charge on any atom is -0.375 e. The minimum atomic E-state index is -0.242. The molecule has 0 radical (unpaired) electrons. The number of ether oxygens (including phenoxy) is 3. The molecule has 4 aromatic carbocycles. The predicted octanol–water partition coefficient (Wildman–Crippen LogP) is 7.46. The Bertz CT molecular complexity index is 1450. The van der Waals surface area contributed by atoms with E-state index in [9.17, 15) is 0 Å². The average molecular weight is 577 g/mol. The first-order valence-electron chi connectivity index (χ1n) is 14.5. The van der Waals surface area contributed by atoms with Crippen LogP contribution in [-0.4, -0.2) is 34.7 Å². The summed E-state index contributed by atoms with van der Waals surface area (Å²) in [6, 6.07) is 41.5. The van der Waals surface area contributed by atoms with E-state index in [1.165, 1.54) is 5.56 Å². The fraction of sp³-hybridized carbons (Fsp3) is 0.250. The number of benzene rings is 4.